The van der Waals surface area contributed by atoms with Crippen LogP contribution in [0.2, 0.25) is 0 Å². The Kier molecular flexibility index (Phi) is 6.22. The van der Waals surface area contributed by atoms with Gasteiger partial charge >= 0.3 is 19.3 Å². The Balaban J connectivity index is 1.91. The average Bonchev–Trinajstić information content (AvgIpc) is 2.51. The first-order valence-corrected chi connectivity index (χ1v) is 7.25. The molecule has 1 fully saturated rings. The van der Waals surface area contributed by atoms with Crippen LogP contribution in [0.15, 0.2) is 30.5 Å². The molecular weight excluding hydrogens is 315 g/mol. The molecule has 1 aliphatic rings. The maximum absolute atomic E-state index is 11.6. The summed E-state index contributed by atoms with van der Waals surface area (Å²) in [5.74, 6) is -0.319. The molecule has 1 heterocycles. The van der Waals surface area contributed by atoms with E-state index in [2.05, 4.69) is 0 Å². The van der Waals surface area contributed by atoms with Crippen LogP contribution in [0.1, 0.15) is 5.56 Å². The molecule has 0 unspecified atom stereocenters. The van der Waals surface area contributed by atoms with Gasteiger partial charge in [0, 0.05) is 13.2 Å². The lowest BCUT2D eigenvalue weighted by atomic mass is 10.2. The van der Waals surface area contributed by atoms with Gasteiger partial charge in [-0.25, -0.2) is 4.76 Å². The molecule has 0 atom stereocenters. The number of carbonyl (C=O) groups excluding carboxylic acids is 2. The number of rotatable bonds is 5. The third-order valence-corrected chi connectivity index (χ3v) is 3.10. The van der Waals surface area contributed by atoms with Gasteiger partial charge < -0.3 is 14.0 Å². The Hall–Kier alpha value is -2.52. The number of hydrogen-bond donors (Lipinski definition) is 0. The molecule has 0 amide bonds. The lowest BCUT2D eigenvalue weighted by molar-refractivity contribution is -0.154. The Morgan fingerprint density at radius 1 is 1.17 bits per heavy atom. The molecule has 1 aliphatic heterocycles. The smallest absolute Gasteiger partial charge is 0.497 e. The Labute approximate surface area is 140 Å². The third-order valence-electron chi connectivity index (χ3n) is 3.10. The van der Waals surface area contributed by atoms with E-state index in [4.69, 9.17) is 18.8 Å². The number of benzene rings is 1. The topological polar surface area (TPSA) is 77.5 Å². The predicted molar refractivity (Wildman–Crippen MR) is 86.3 cm³/mol. The van der Waals surface area contributed by atoms with Gasteiger partial charge in [0.15, 0.2) is 0 Å². The van der Waals surface area contributed by atoms with Gasteiger partial charge in [0.1, 0.15) is 5.75 Å². The van der Waals surface area contributed by atoms with E-state index in [0.29, 0.717) is 0 Å². The maximum atomic E-state index is 11.6. The molecule has 0 bridgehead atoms. The summed E-state index contributed by atoms with van der Waals surface area (Å²) in [5, 5.41) is 1.29. The number of hydrogen-bond acceptors (Lipinski definition) is 8. The van der Waals surface area contributed by atoms with Crippen molar-refractivity contribution in [3.05, 3.63) is 36.0 Å². The lowest BCUT2D eigenvalue weighted by Gasteiger charge is -2.23. The van der Waals surface area contributed by atoms with Crippen molar-refractivity contribution in [2.45, 2.75) is 0 Å². The van der Waals surface area contributed by atoms with E-state index < -0.39 is 19.3 Å². The standard InChI is InChI=1S/C15H19BN2O6/c1-17-10-14(19)22-16(23-15(20)11-17)24-18(2)9-8-12-4-6-13(21-3)7-5-12/h4-9H,10-11H2,1-3H3/b9-8+. The Morgan fingerprint density at radius 3 is 2.29 bits per heavy atom. The van der Waals surface area contributed by atoms with Gasteiger partial charge in [-0.15, -0.1) is 0 Å². The molecule has 1 aromatic carbocycles. The second-order valence-electron chi connectivity index (χ2n) is 5.18. The maximum Gasteiger partial charge on any atom is 0.814 e. The minimum absolute atomic E-state index is 0.0135. The Morgan fingerprint density at radius 2 is 1.75 bits per heavy atom. The fraction of sp³-hybridized carbons (Fsp3) is 0.333. The molecule has 0 aromatic heterocycles. The fourth-order valence-corrected chi connectivity index (χ4v) is 1.93. The largest absolute Gasteiger partial charge is 0.814 e. The molecule has 0 radical (unpaired) electrons. The SMILES string of the molecule is COc1ccc(/C=C/N(C)OB2OC(=O)CN(C)CC(=O)O2)cc1. The van der Waals surface area contributed by atoms with E-state index in [1.165, 1.54) is 9.96 Å². The highest BCUT2D eigenvalue weighted by molar-refractivity contribution is 6.41. The summed E-state index contributed by atoms with van der Waals surface area (Å²) in [7, 11) is 3.39. The minimum atomic E-state index is -1.41. The first kappa shape index (κ1) is 17.8. The van der Waals surface area contributed by atoms with Crippen LogP contribution in [0.25, 0.3) is 6.08 Å². The van der Waals surface area contributed by atoms with Gasteiger partial charge in [-0.1, -0.05) is 12.1 Å². The van der Waals surface area contributed by atoms with Crippen LogP contribution in [0.4, 0.5) is 0 Å². The number of ether oxygens (including phenoxy) is 1. The van der Waals surface area contributed by atoms with E-state index in [-0.39, 0.29) is 13.1 Å². The monoisotopic (exact) mass is 334 g/mol. The highest BCUT2D eigenvalue weighted by atomic mass is 16.8. The summed E-state index contributed by atoms with van der Waals surface area (Å²) in [6.07, 6.45) is 3.38. The molecular formula is C15H19BN2O6. The van der Waals surface area contributed by atoms with E-state index in [1.54, 1.807) is 33.5 Å². The van der Waals surface area contributed by atoms with E-state index in [0.717, 1.165) is 11.3 Å². The molecule has 0 spiro atoms. The second-order valence-corrected chi connectivity index (χ2v) is 5.18. The van der Waals surface area contributed by atoms with Crippen molar-refractivity contribution in [1.82, 2.24) is 9.96 Å². The van der Waals surface area contributed by atoms with Crippen LogP contribution in [-0.2, 0) is 23.7 Å². The van der Waals surface area contributed by atoms with Crippen LogP contribution in [0.5, 0.6) is 5.75 Å². The predicted octanol–water partition coefficient (Wildman–Crippen LogP) is 0.546. The number of nitrogens with zero attached hydrogens (tertiary/aromatic N) is 2. The van der Waals surface area contributed by atoms with E-state index in [9.17, 15) is 9.59 Å². The lowest BCUT2D eigenvalue weighted by Crippen LogP contribution is -2.45. The summed E-state index contributed by atoms with van der Waals surface area (Å²) < 4.78 is 20.3. The van der Waals surface area contributed by atoms with Crippen molar-refractivity contribution in [1.29, 1.82) is 0 Å². The van der Waals surface area contributed by atoms with Gasteiger partial charge in [0.25, 0.3) is 0 Å². The summed E-state index contributed by atoms with van der Waals surface area (Å²) in [6.45, 7) is -0.0271. The van der Waals surface area contributed by atoms with Crippen molar-refractivity contribution < 1.29 is 28.4 Å². The van der Waals surface area contributed by atoms with Crippen molar-refractivity contribution in [2.24, 2.45) is 0 Å². The molecule has 8 nitrogen and oxygen atoms in total. The number of hydroxylamine groups is 2. The van der Waals surface area contributed by atoms with Gasteiger partial charge in [0.05, 0.1) is 20.2 Å². The molecule has 1 saturated heterocycles. The van der Waals surface area contributed by atoms with Crippen LogP contribution < -0.4 is 4.74 Å². The molecule has 24 heavy (non-hydrogen) atoms. The zero-order valence-electron chi connectivity index (χ0n) is 13.8. The summed E-state index contributed by atoms with van der Waals surface area (Å²) in [4.78, 5) is 24.7. The summed E-state index contributed by atoms with van der Waals surface area (Å²) in [6, 6.07) is 7.40. The van der Waals surface area contributed by atoms with Crippen molar-refractivity contribution in [3.63, 3.8) is 0 Å². The normalized spacial score (nSPS) is 16.4. The highest BCUT2D eigenvalue weighted by Crippen LogP contribution is 2.12. The number of carbonyl (C=O) groups is 2. The number of likely N-dealkylation sites (N-methyl/N-ethyl adjacent to an activating group) is 1. The van der Waals surface area contributed by atoms with Crippen LogP contribution in [0.3, 0.4) is 0 Å². The summed E-state index contributed by atoms with van der Waals surface area (Å²) >= 11 is 0. The zero-order chi connectivity index (χ0) is 17.5. The van der Waals surface area contributed by atoms with Crippen molar-refractivity contribution >= 4 is 25.3 Å². The molecule has 1 aromatic rings. The van der Waals surface area contributed by atoms with Crippen LogP contribution in [-0.4, -0.2) is 63.5 Å². The van der Waals surface area contributed by atoms with E-state index >= 15 is 0 Å². The van der Waals surface area contributed by atoms with Crippen LogP contribution >= 0.6 is 0 Å². The molecule has 128 valence electrons. The number of methoxy groups -OCH3 is 1. The van der Waals surface area contributed by atoms with Gasteiger partial charge in [-0.05, 0) is 30.8 Å². The van der Waals surface area contributed by atoms with E-state index in [1.807, 2.05) is 24.3 Å². The zero-order valence-corrected chi connectivity index (χ0v) is 13.8. The van der Waals surface area contributed by atoms with Crippen molar-refractivity contribution in [3.8, 4) is 5.75 Å². The molecule has 0 N–H and O–H groups in total. The molecule has 0 saturated carbocycles. The minimum Gasteiger partial charge on any atom is -0.497 e. The highest BCUT2D eigenvalue weighted by Gasteiger charge is 2.36. The average molecular weight is 334 g/mol. The first-order valence-electron chi connectivity index (χ1n) is 7.25. The van der Waals surface area contributed by atoms with Crippen LogP contribution in [0, 0.1) is 0 Å². The second kappa shape index (κ2) is 8.37. The van der Waals surface area contributed by atoms with Gasteiger partial charge in [0.2, 0.25) is 0 Å². The molecule has 2 rings (SSSR count). The first-order chi connectivity index (χ1) is 11.5. The fourth-order valence-electron chi connectivity index (χ4n) is 1.93. The summed E-state index contributed by atoms with van der Waals surface area (Å²) in [5.41, 5.74) is 0.916. The Bertz CT molecular complexity index is 586. The quantitative estimate of drug-likeness (QED) is 0.571. The van der Waals surface area contributed by atoms with Crippen molar-refractivity contribution in [2.75, 3.05) is 34.3 Å². The third kappa shape index (κ3) is 5.60. The van der Waals surface area contributed by atoms with Gasteiger partial charge in [-0.2, -0.15) is 0 Å². The van der Waals surface area contributed by atoms with Gasteiger partial charge in [-0.3, -0.25) is 19.6 Å². The molecule has 9 heteroatoms. The molecule has 0 aliphatic carbocycles.